The van der Waals surface area contributed by atoms with Crippen molar-refractivity contribution >= 4 is 11.6 Å². The summed E-state index contributed by atoms with van der Waals surface area (Å²) in [6.45, 7) is 2.60. The van der Waals surface area contributed by atoms with E-state index in [0.717, 1.165) is 22.5 Å². The molecule has 0 atom stereocenters. The van der Waals surface area contributed by atoms with Gasteiger partial charge < -0.3 is 14.5 Å². The van der Waals surface area contributed by atoms with E-state index in [2.05, 4.69) is 16.4 Å². The average Bonchev–Trinajstić information content (AvgIpc) is 3.21. The summed E-state index contributed by atoms with van der Waals surface area (Å²) in [7, 11) is 0. The number of carbonyl (C=O) groups excluding carboxylic acids is 1. The Kier molecular flexibility index (Phi) is 5.44. The van der Waals surface area contributed by atoms with Crippen LogP contribution >= 0.6 is 0 Å². The van der Waals surface area contributed by atoms with Gasteiger partial charge in [0.2, 0.25) is 0 Å². The number of pyridine rings is 1. The Morgan fingerprint density at radius 2 is 2.03 bits per heavy atom. The number of nitrogens with zero attached hydrogens (tertiary/aromatic N) is 3. The van der Waals surface area contributed by atoms with Gasteiger partial charge in [-0.1, -0.05) is 30.3 Å². The van der Waals surface area contributed by atoms with Crippen LogP contribution in [0.5, 0.6) is 5.75 Å². The Hall–Kier alpha value is -4.11. The lowest BCUT2D eigenvalue weighted by atomic mass is 10.1. The van der Waals surface area contributed by atoms with E-state index in [1.807, 2.05) is 48.0 Å². The van der Waals surface area contributed by atoms with Gasteiger partial charge in [0.25, 0.3) is 5.91 Å². The van der Waals surface area contributed by atoms with E-state index in [4.69, 9.17) is 10.00 Å². The summed E-state index contributed by atoms with van der Waals surface area (Å²) >= 11 is 0. The molecule has 2 aromatic carbocycles. The van der Waals surface area contributed by atoms with E-state index in [0.29, 0.717) is 23.4 Å². The highest BCUT2D eigenvalue weighted by molar-refractivity contribution is 5.96. The van der Waals surface area contributed by atoms with Crippen molar-refractivity contribution in [1.82, 2.24) is 14.7 Å². The molecule has 0 saturated carbocycles. The summed E-state index contributed by atoms with van der Waals surface area (Å²) in [6, 6.07) is 20.4. The van der Waals surface area contributed by atoms with E-state index < -0.39 is 0 Å². The fourth-order valence-corrected chi connectivity index (χ4v) is 3.23. The Bertz CT molecular complexity index is 1250. The van der Waals surface area contributed by atoms with Crippen LogP contribution in [0.25, 0.3) is 5.65 Å². The highest BCUT2D eigenvalue weighted by Gasteiger charge is 2.13. The van der Waals surface area contributed by atoms with Crippen molar-refractivity contribution in [3.63, 3.8) is 0 Å². The minimum absolute atomic E-state index is 0.237. The Balaban J connectivity index is 1.45. The molecule has 0 spiro atoms. The van der Waals surface area contributed by atoms with Gasteiger partial charge in [-0.3, -0.25) is 4.79 Å². The molecule has 2 heterocycles. The average molecular weight is 396 g/mol. The van der Waals surface area contributed by atoms with Gasteiger partial charge in [0.05, 0.1) is 22.9 Å². The SMILES string of the molecule is Cc1cccn2cc(COc3ccccc3C(=O)NCc3cccc(C#N)c3)nc12. The molecule has 0 radical (unpaired) electrons. The van der Waals surface area contributed by atoms with E-state index in [1.165, 1.54) is 0 Å². The van der Waals surface area contributed by atoms with Crippen LogP contribution in [0.15, 0.2) is 73.1 Å². The van der Waals surface area contributed by atoms with Crippen molar-refractivity contribution in [3.8, 4) is 11.8 Å². The third kappa shape index (κ3) is 4.15. The number of amides is 1. The molecular weight excluding hydrogens is 376 g/mol. The summed E-state index contributed by atoms with van der Waals surface area (Å²) in [5.74, 6) is 0.258. The molecule has 0 aliphatic heterocycles. The van der Waals surface area contributed by atoms with Gasteiger partial charge in [0.1, 0.15) is 18.0 Å². The van der Waals surface area contributed by atoms with Crippen LogP contribution in [0.3, 0.4) is 0 Å². The zero-order chi connectivity index (χ0) is 20.9. The fourth-order valence-electron chi connectivity index (χ4n) is 3.23. The first-order valence-corrected chi connectivity index (χ1v) is 9.56. The van der Waals surface area contributed by atoms with E-state index in [1.54, 1.807) is 36.4 Å². The Labute approximate surface area is 174 Å². The first-order chi connectivity index (χ1) is 14.6. The molecule has 1 amide bonds. The topological polar surface area (TPSA) is 79.4 Å². The van der Waals surface area contributed by atoms with Gasteiger partial charge >= 0.3 is 0 Å². The van der Waals surface area contributed by atoms with Crippen LogP contribution in [0, 0.1) is 18.3 Å². The highest BCUT2D eigenvalue weighted by atomic mass is 16.5. The van der Waals surface area contributed by atoms with E-state index in [9.17, 15) is 4.79 Å². The molecule has 148 valence electrons. The number of imidazole rings is 1. The number of aryl methyl sites for hydroxylation is 1. The van der Waals surface area contributed by atoms with Gasteiger partial charge in [0.15, 0.2) is 0 Å². The number of hydrogen-bond acceptors (Lipinski definition) is 4. The molecule has 0 fully saturated rings. The third-order valence-corrected chi connectivity index (χ3v) is 4.74. The highest BCUT2D eigenvalue weighted by Crippen LogP contribution is 2.20. The van der Waals surface area contributed by atoms with Crippen LogP contribution in [0.1, 0.15) is 32.7 Å². The van der Waals surface area contributed by atoms with Gasteiger partial charge in [-0.15, -0.1) is 0 Å². The molecular formula is C24H20N4O2. The molecule has 0 unspecified atom stereocenters. The summed E-state index contributed by atoms with van der Waals surface area (Å²) in [5.41, 5.74) is 4.64. The van der Waals surface area contributed by atoms with Crippen molar-refractivity contribution in [2.24, 2.45) is 0 Å². The minimum atomic E-state index is -0.237. The van der Waals surface area contributed by atoms with Gasteiger partial charge in [-0.2, -0.15) is 5.26 Å². The number of ether oxygens (including phenoxy) is 1. The van der Waals surface area contributed by atoms with Crippen LogP contribution in [0.2, 0.25) is 0 Å². The van der Waals surface area contributed by atoms with Crippen molar-refractivity contribution in [1.29, 1.82) is 5.26 Å². The first-order valence-electron chi connectivity index (χ1n) is 9.56. The second kappa shape index (κ2) is 8.50. The molecule has 0 aliphatic rings. The maximum absolute atomic E-state index is 12.7. The van der Waals surface area contributed by atoms with Crippen molar-refractivity contribution in [2.75, 3.05) is 0 Å². The predicted octanol–water partition coefficient (Wildman–Crippen LogP) is 4.02. The van der Waals surface area contributed by atoms with Crippen molar-refractivity contribution < 1.29 is 9.53 Å². The maximum Gasteiger partial charge on any atom is 0.255 e. The molecule has 6 heteroatoms. The zero-order valence-electron chi connectivity index (χ0n) is 16.5. The molecule has 4 aromatic rings. The summed E-state index contributed by atoms with van der Waals surface area (Å²) in [5, 5.41) is 11.9. The molecule has 2 aromatic heterocycles. The smallest absolute Gasteiger partial charge is 0.255 e. The number of para-hydroxylation sites is 1. The lowest BCUT2D eigenvalue weighted by Gasteiger charge is -2.11. The van der Waals surface area contributed by atoms with Gasteiger partial charge in [0, 0.05) is 18.9 Å². The Morgan fingerprint density at radius 1 is 1.17 bits per heavy atom. The number of fused-ring (bicyclic) bond motifs is 1. The predicted molar refractivity (Wildman–Crippen MR) is 113 cm³/mol. The monoisotopic (exact) mass is 396 g/mol. The standard InChI is InChI=1S/C24H20N4O2/c1-17-6-5-11-28-15-20(27-23(17)28)16-30-22-10-3-2-9-21(22)24(29)26-14-19-8-4-7-18(12-19)13-25/h2-12,15H,14,16H2,1H3,(H,26,29). The molecule has 0 saturated heterocycles. The van der Waals surface area contributed by atoms with Crippen molar-refractivity contribution in [2.45, 2.75) is 20.1 Å². The molecule has 4 rings (SSSR count). The summed E-state index contributed by atoms with van der Waals surface area (Å²) in [6.07, 6.45) is 3.87. The zero-order valence-corrected chi connectivity index (χ0v) is 16.5. The first kappa shape index (κ1) is 19.2. The molecule has 6 nitrogen and oxygen atoms in total. The second-order valence-corrected chi connectivity index (χ2v) is 6.93. The summed E-state index contributed by atoms with van der Waals surface area (Å²) < 4.78 is 7.88. The summed E-state index contributed by atoms with van der Waals surface area (Å²) in [4.78, 5) is 17.3. The number of nitriles is 1. The fraction of sp³-hybridized carbons (Fsp3) is 0.125. The van der Waals surface area contributed by atoms with Crippen LogP contribution in [0.4, 0.5) is 0 Å². The second-order valence-electron chi connectivity index (χ2n) is 6.93. The lowest BCUT2D eigenvalue weighted by Crippen LogP contribution is -2.23. The van der Waals surface area contributed by atoms with Crippen LogP contribution in [-0.2, 0) is 13.2 Å². The number of hydrogen-bond donors (Lipinski definition) is 1. The number of rotatable bonds is 6. The maximum atomic E-state index is 12.7. The van der Waals surface area contributed by atoms with Crippen LogP contribution < -0.4 is 10.1 Å². The van der Waals surface area contributed by atoms with Gasteiger partial charge in [-0.25, -0.2) is 4.98 Å². The normalized spacial score (nSPS) is 10.5. The number of nitrogens with one attached hydrogen (secondary N) is 1. The molecule has 30 heavy (non-hydrogen) atoms. The van der Waals surface area contributed by atoms with E-state index in [-0.39, 0.29) is 12.5 Å². The van der Waals surface area contributed by atoms with Gasteiger partial charge in [-0.05, 0) is 48.4 Å². The number of aromatic nitrogens is 2. The van der Waals surface area contributed by atoms with E-state index >= 15 is 0 Å². The lowest BCUT2D eigenvalue weighted by molar-refractivity contribution is 0.0946. The van der Waals surface area contributed by atoms with Crippen LogP contribution in [-0.4, -0.2) is 15.3 Å². The number of benzene rings is 2. The quantitative estimate of drug-likeness (QED) is 0.534. The Morgan fingerprint density at radius 3 is 2.87 bits per heavy atom. The molecule has 1 N–H and O–H groups in total. The molecule has 0 bridgehead atoms. The molecule has 0 aliphatic carbocycles. The largest absolute Gasteiger partial charge is 0.486 e. The third-order valence-electron chi connectivity index (χ3n) is 4.74. The number of carbonyl (C=O) groups is 1. The minimum Gasteiger partial charge on any atom is -0.486 e. The van der Waals surface area contributed by atoms with Crippen molar-refractivity contribution in [3.05, 3.63) is 101 Å².